The zero-order valence-corrected chi connectivity index (χ0v) is 28.5. The van der Waals surface area contributed by atoms with Crippen LogP contribution in [0.3, 0.4) is 0 Å². The molecular weight excluding hydrogens is 690 g/mol. The predicted molar refractivity (Wildman–Crippen MR) is 171 cm³/mol. The number of aliphatic hydroxyl groups is 1. The highest BCUT2D eigenvalue weighted by Gasteiger charge is 2.40. The minimum atomic E-state index is -4.90. The molecule has 1 heterocycles. The highest BCUT2D eigenvalue weighted by Crippen LogP contribution is 2.21. The lowest BCUT2D eigenvalue weighted by Gasteiger charge is -2.29. The first kappa shape index (κ1) is 39.2. The molecule has 4 N–H and O–H groups in total. The van der Waals surface area contributed by atoms with Crippen molar-refractivity contribution < 1.29 is 55.1 Å². The van der Waals surface area contributed by atoms with E-state index < -0.39 is 80.5 Å². The molecule has 266 valence electrons. The molecule has 0 spiro atoms. The number of rotatable bonds is 18. The summed E-state index contributed by atoms with van der Waals surface area (Å²) >= 11 is 1.11. The highest BCUT2D eigenvalue weighted by molar-refractivity contribution is 7.86. The summed E-state index contributed by atoms with van der Waals surface area (Å²) in [5.74, 6) is -5.92. The van der Waals surface area contributed by atoms with Crippen LogP contribution in [0.1, 0.15) is 27.2 Å². The molecule has 0 fully saturated rings. The number of Topliss-reactive ketones (excluding diaryl/α,β-unsaturated/α-hetero) is 1. The summed E-state index contributed by atoms with van der Waals surface area (Å²) in [6.45, 7) is 0.801. The monoisotopic (exact) mass is 726 g/mol. The Hall–Kier alpha value is -4.20. The molecule has 3 aromatic rings. The van der Waals surface area contributed by atoms with E-state index in [-0.39, 0.29) is 24.5 Å². The Labute approximate surface area is 285 Å². The van der Waals surface area contributed by atoms with E-state index >= 15 is 0 Å². The molecular formula is C31H36F2N4O10S2. The second-order valence-electron chi connectivity index (χ2n) is 10.9. The average molecular weight is 727 g/mol. The Morgan fingerprint density at radius 2 is 1.53 bits per heavy atom. The van der Waals surface area contributed by atoms with Crippen LogP contribution < -0.4 is 16.0 Å². The normalized spacial score (nSPS) is 14.6. The number of hydrogen-bond acceptors (Lipinski definition) is 12. The maximum absolute atomic E-state index is 14.2. The van der Waals surface area contributed by atoms with E-state index in [1.165, 1.54) is 20.4 Å². The van der Waals surface area contributed by atoms with Gasteiger partial charge < -0.3 is 30.5 Å². The molecule has 14 nitrogen and oxygen atoms in total. The van der Waals surface area contributed by atoms with Crippen LogP contribution in [0.4, 0.5) is 8.78 Å². The van der Waals surface area contributed by atoms with Crippen molar-refractivity contribution in [3.63, 3.8) is 0 Å². The van der Waals surface area contributed by atoms with Crippen molar-refractivity contribution in [3.05, 3.63) is 81.8 Å². The SMILES string of the molecule is COC[C@H](NC(=O)c1cnc(C)s1)C(=O)N[C@@H](COC)C(=O)N[C@@H](Cc1ccccc1)C(=O)C(C)(O)COS(=O)(=O)c1ccc(F)cc1F. The number of hydrogen-bond donors (Lipinski definition) is 4. The highest BCUT2D eigenvalue weighted by atomic mass is 32.2. The first-order valence-electron chi connectivity index (χ1n) is 14.5. The summed E-state index contributed by atoms with van der Waals surface area (Å²) in [4.78, 5) is 56.3. The third-order valence-electron chi connectivity index (χ3n) is 6.87. The lowest BCUT2D eigenvalue weighted by Crippen LogP contribution is -2.60. The van der Waals surface area contributed by atoms with Crippen molar-refractivity contribution in [2.45, 2.75) is 48.9 Å². The molecule has 0 aliphatic rings. The number of carbonyl (C=O) groups is 4. The van der Waals surface area contributed by atoms with Gasteiger partial charge in [-0.2, -0.15) is 8.42 Å². The van der Waals surface area contributed by atoms with Crippen molar-refractivity contribution in [1.82, 2.24) is 20.9 Å². The van der Waals surface area contributed by atoms with E-state index in [4.69, 9.17) is 13.7 Å². The van der Waals surface area contributed by atoms with Crippen LogP contribution in [0.2, 0.25) is 0 Å². The van der Waals surface area contributed by atoms with E-state index in [0.29, 0.717) is 28.8 Å². The van der Waals surface area contributed by atoms with Crippen LogP contribution in [0.15, 0.2) is 59.6 Å². The zero-order chi connectivity index (χ0) is 36.4. The van der Waals surface area contributed by atoms with Gasteiger partial charge in [0.15, 0.2) is 5.78 Å². The fourth-order valence-corrected chi connectivity index (χ4v) is 6.10. The molecule has 1 unspecified atom stereocenters. The largest absolute Gasteiger partial charge is 0.382 e. The van der Waals surface area contributed by atoms with Gasteiger partial charge in [0.2, 0.25) is 11.8 Å². The van der Waals surface area contributed by atoms with Gasteiger partial charge in [0.1, 0.15) is 45.7 Å². The van der Waals surface area contributed by atoms with Crippen LogP contribution in [-0.4, -0.2) is 99.8 Å². The molecule has 0 aliphatic heterocycles. The van der Waals surface area contributed by atoms with Crippen molar-refractivity contribution in [1.29, 1.82) is 0 Å². The number of carbonyl (C=O) groups excluding carboxylic acids is 4. The fraction of sp³-hybridized carbons (Fsp3) is 0.387. The van der Waals surface area contributed by atoms with Gasteiger partial charge in [-0.3, -0.25) is 23.4 Å². The van der Waals surface area contributed by atoms with Gasteiger partial charge in [-0.05, 0) is 38.0 Å². The maximum Gasteiger partial charge on any atom is 0.300 e. The number of aryl methyl sites for hydroxylation is 1. The number of amides is 3. The summed E-state index contributed by atoms with van der Waals surface area (Å²) in [6, 6.07) is 5.76. The minimum absolute atomic E-state index is 0.189. The number of nitrogens with zero attached hydrogens (tertiary/aromatic N) is 1. The molecule has 0 bridgehead atoms. The second kappa shape index (κ2) is 17.5. The molecule has 0 saturated heterocycles. The van der Waals surface area contributed by atoms with Crippen molar-refractivity contribution in [2.75, 3.05) is 34.0 Å². The van der Waals surface area contributed by atoms with Crippen LogP contribution >= 0.6 is 11.3 Å². The van der Waals surface area contributed by atoms with Crippen LogP contribution in [-0.2, 0) is 44.6 Å². The Bertz CT molecular complexity index is 1740. The maximum atomic E-state index is 14.2. The molecule has 49 heavy (non-hydrogen) atoms. The van der Waals surface area contributed by atoms with Gasteiger partial charge >= 0.3 is 0 Å². The minimum Gasteiger partial charge on any atom is -0.382 e. The topological polar surface area (TPSA) is 199 Å². The molecule has 0 saturated carbocycles. The summed E-state index contributed by atoms with van der Waals surface area (Å²) < 4.78 is 67.7. The Kier molecular flexibility index (Phi) is 14.0. The second-order valence-corrected chi connectivity index (χ2v) is 13.7. The van der Waals surface area contributed by atoms with Gasteiger partial charge in [-0.15, -0.1) is 11.3 Å². The number of ketones is 1. The predicted octanol–water partition coefficient (Wildman–Crippen LogP) is 1.06. The van der Waals surface area contributed by atoms with Gasteiger partial charge in [0.25, 0.3) is 16.0 Å². The summed E-state index contributed by atoms with van der Waals surface area (Å²) in [5, 5.41) is 19.1. The molecule has 0 aliphatic carbocycles. The number of nitrogens with one attached hydrogen (secondary N) is 3. The number of halogens is 2. The molecule has 4 atom stereocenters. The number of ether oxygens (including phenoxy) is 2. The molecule has 18 heteroatoms. The van der Waals surface area contributed by atoms with Gasteiger partial charge in [-0.25, -0.2) is 13.8 Å². The molecule has 3 rings (SSSR count). The number of methoxy groups -OCH3 is 2. The van der Waals surface area contributed by atoms with E-state index in [2.05, 4.69) is 20.9 Å². The van der Waals surface area contributed by atoms with Crippen molar-refractivity contribution in [2.24, 2.45) is 0 Å². The quantitative estimate of drug-likeness (QED) is 0.137. The number of aromatic nitrogens is 1. The van der Waals surface area contributed by atoms with E-state index in [9.17, 15) is 41.5 Å². The molecule has 2 aromatic carbocycles. The summed E-state index contributed by atoms with van der Waals surface area (Å²) in [6.07, 6.45) is 1.16. The lowest BCUT2D eigenvalue weighted by molar-refractivity contribution is -0.143. The lowest BCUT2D eigenvalue weighted by atomic mass is 9.91. The first-order valence-corrected chi connectivity index (χ1v) is 16.8. The Balaban J connectivity index is 1.80. The number of thiazole rings is 1. The zero-order valence-electron chi connectivity index (χ0n) is 26.9. The fourth-order valence-electron chi connectivity index (χ4n) is 4.38. The average Bonchev–Trinajstić information content (AvgIpc) is 3.49. The van der Waals surface area contributed by atoms with Crippen molar-refractivity contribution >= 4 is 45.0 Å². The standard InChI is InChI=1S/C31H36F2N4O10S2/c1-18-34-14-25(48-18)30(41)37-24(16-46-4)29(40)36-23(15-45-3)28(39)35-22(12-19-8-6-5-7-9-19)27(38)31(2,42)17-47-49(43,44)26-11-10-20(32)13-21(26)33/h5-11,13-14,22-24,42H,12,15-17H2,1-4H3,(H,35,39)(H,36,40)(H,37,41)/t22-,23-,24-,31?/m0/s1. The first-order chi connectivity index (χ1) is 23.1. The van der Waals surface area contributed by atoms with Gasteiger partial charge in [-0.1, -0.05) is 30.3 Å². The van der Waals surface area contributed by atoms with Gasteiger partial charge in [0.05, 0.1) is 30.5 Å². The molecule has 3 amide bonds. The summed E-state index contributed by atoms with van der Waals surface area (Å²) in [7, 11) is -2.34. The van der Waals surface area contributed by atoms with Crippen LogP contribution in [0.5, 0.6) is 0 Å². The van der Waals surface area contributed by atoms with Crippen molar-refractivity contribution in [3.8, 4) is 0 Å². The smallest absolute Gasteiger partial charge is 0.300 e. The third-order valence-corrected chi connectivity index (χ3v) is 9.08. The van der Waals surface area contributed by atoms with E-state index in [0.717, 1.165) is 18.3 Å². The van der Waals surface area contributed by atoms with Gasteiger partial charge in [0, 0.05) is 20.3 Å². The van der Waals surface area contributed by atoms with Crippen LogP contribution in [0.25, 0.3) is 0 Å². The van der Waals surface area contributed by atoms with E-state index in [1.807, 2.05) is 0 Å². The summed E-state index contributed by atoms with van der Waals surface area (Å²) in [5.41, 5.74) is -2.04. The Morgan fingerprint density at radius 1 is 0.939 bits per heavy atom. The third kappa shape index (κ3) is 11.2. The van der Waals surface area contributed by atoms with E-state index in [1.54, 1.807) is 37.3 Å². The molecule has 1 aromatic heterocycles. The Morgan fingerprint density at radius 3 is 2.08 bits per heavy atom. The number of benzene rings is 2. The van der Waals surface area contributed by atoms with Crippen LogP contribution in [0, 0.1) is 18.6 Å². The molecule has 0 radical (unpaired) electrons.